The lowest BCUT2D eigenvalue weighted by atomic mass is 10.1. The molecule has 0 aliphatic carbocycles. The monoisotopic (exact) mass is 348 g/mol. The molecule has 2 heterocycles. The highest BCUT2D eigenvalue weighted by atomic mass is 32.2. The van der Waals surface area contributed by atoms with Gasteiger partial charge in [0.1, 0.15) is 0 Å². The molecule has 0 aromatic heterocycles. The zero-order valence-electron chi connectivity index (χ0n) is 13.7. The molecule has 0 radical (unpaired) electrons. The Bertz CT molecular complexity index is 473. The Morgan fingerprint density at radius 3 is 2.50 bits per heavy atom. The first kappa shape index (κ1) is 18.1. The number of carbonyl (C=O) groups excluding carboxylic acids is 1. The third-order valence-electron chi connectivity index (χ3n) is 4.39. The summed E-state index contributed by atoms with van der Waals surface area (Å²) in [6.45, 7) is 1.59. The van der Waals surface area contributed by atoms with Crippen LogP contribution in [-0.4, -0.2) is 79.9 Å². The molecule has 0 aromatic rings. The molecule has 22 heavy (non-hydrogen) atoms. The molecule has 2 aliphatic rings. The van der Waals surface area contributed by atoms with Crippen LogP contribution in [0.1, 0.15) is 32.1 Å². The number of carbonyl (C=O) groups is 1. The van der Waals surface area contributed by atoms with E-state index in [2.05, 4.69) is 4.90 Å². The van der Waals surface area contributed by atoms with Crippen molar-refractivity contribution < 1.29 is 13.2 Å². The van der Waals surface area contributed by atoms with Gasteiger partial charge in [-0.15, -0.1) is 11.8 Å². The summed E-state index contributed by atoms with van der Waals surface area (Å²) in [4.78, 5) is 16.9. The van der Waals surface area contributed by atoms with E-state index in [0.29, 0.717) is 13.0 Å². The van der Waals surface area contributed by atoms with Crippen molar-refractivity contribution in [3.05, 3.63) is 0 Å². The lowest BCUT2D eigenvalue weighted by Crippen LogP contribution is -2.46. The van der Waals surface area contributed by atoms with Crippen LogP contribution in [0.5, 0.6) is 0 Å². The smallest absolute Gasteiger partial charge is 0.235 e. The minimum atomic E-state index is -2.96. The molecule has 5 nitrogen and oxygen atoms in total. The number of thioether (sulfide) groups is 1. The van der Waals surface area contributed by atoms with Gasteiger partial charge in [-0.05, 0) is 52.1 Å². The lowest BCUT2D eigenvalue weighted by molar-refractivity contribution is -0.132. The van der Waals surface area contributed by atoms with Gasteiger partial charge in [0.25, 0.3) is 0 Å². The fourth-order valence-electron chi connectivity index (χ4n) is 3.17. The molecule has 0 saturated carbocycles. The maximum Gasteiger partial charge on any atom is 0.235 e. The Morgan fingerprint density at radius 1 is 1.18 bits per heavy atom. The van der Waals surface area contributed by atoms with E-state index in [1.165, 1.54) is 6.42 Å². The van der Waals surface area contributed by atoms with Crippen LogP contribution in [0.15, 0.2) is 0 Å². The number of hydrogen-bond acceptors (Lipinski definition) is 5. The Morgan fingerprint density at radius 2 is 1.95 bits per heavy atom. The first-order valence-electron chi connectivity index (χ1n) is 8.16. The van der Waals surface area contributed by atoms with Gasteiger partial charge in [-0.2, -0.15) is 0 Å². The second kappa shape index (κ2) is 8.02. The highest BCUT2D eigenvalue weighted by Crippen LogP contribution is 2.29. The van der Waals surface area contributed by atoms with Crippen LogP contribution in [0.25, 0.3) is 0 Å². The van der Waals surface area contributed by atoms with Crippen LogP contribution in [0.2, 0.25) is 0 Å². The van der Waals surface area contributed by atoms with Crippen LogP contribution >= 0.6 is 11.8 Å². The van der Waals surface area contributed by atoms with Crippen LogP contribution in [0.4, 0.5) is 0 Å². The van der Waals surface area contributed by atoms with Gasteiger partial charge in [0, 0.05) is 12.6 Å². The van der Waals surface area contributed by atoms with E-state index in [9.17, 15) is 13.2 Å². The molecule has 0 bridgehead atoms. The van der Waals surface area contributed by atoms with E-state index in [1.807, 2.05) is 19.0 Å². The van der Waals surface area contributed by atoms with Crippen molar-refractivity contribution in [2.45, 2.75) is 43.4 Å². The molecule has 7 heteroatoms. The molecular weight excluding hydrogens is 320 g/mol. The second-order valence-electron chi connectivity index (χ2n) is 6.60. The average molecular weight is 349 g/mol. The Kier molecular flexibility index (Phi) is 6.58. The van der Waals surface area contributed by atoms with E-state index >= 15 is 0 Å². The minimum Gasteiger partial charge on any atom is -0.338 e. The van der Waals surface area contributed by atoms with Gasteiger partial charge in [0.15, 0.2) is 9.84 Å². The predicted octanol–water partition coefficient (Wildman–Crippen LogP) is 1.24. The van der Waals surface area contributed by atoms with Crippen LogP contribution in [0, 0.1) is 0 Å². The van der Waals surface area contributed by atoms with Crippen LogP contribution < -0.4 is 0 Å². The van der Waals surface area contributed by atoms with E-state index < -0.39 is 9.84 Å². The van der Waals surface area contributed by atoms with Crippen molar-refractivity contribution in [3.63, 3.8) is 0 Å². The Hall–Kier alpha value is -0.270. The lowest BCUT2D eigenvalue weighted by Gasteiger charge is -2.33. The molecule has 2 aliphatic heterocycles. The van der Waals surface area contributed by atoms with Gasteiger partial charge in [0.2, 0.25) is 5.91 Å². The third-order valence-corrected chi connectivity index (χ3v) is 7.51. The summed E-state index contributed by atoms with van der Waals surface area (Å²) in [5.41, 5.74) is 0. The molecule has 128 valence electrons. The van der Waals surface area contributed by atoms with E-state index in [-0.39, 0.29) is 28.7 Å². The number of amides is 1. The van der Waals surface area contributed by atoms with Crippen molar-refractivity contribution in [1.82, 2.24) is 9.80 Å². The normalized spacial score (nSPS) is 28.0. The van der Waals surface area contributed by atoms with Gasteiger partial charge < -0.3 is 9.80 Å². The maximum atomic E-state index is 12.9. The SMILES string of the molecule is CN(C)CCCN(C(=O)[C@H]1CCCCS1)[C@H]1CCS(=O)(=O)C1. The van der Waals surface area contributed by atoms with Gasteiger partial charge in [0.05, 0.1) is 16.8 Å². The molecule has 2 fully saturated rings. The fourth-order valence-corrected chi connectivity index (χ4v) is 6.17. The topological polar surface area (TPSA) is 57.7 Å². The summed E-state index contributed by atoms with van der Waals surface area (Å²) in [6, 6.07) is -0.109. The Balaban J connectivity index is 2.01. The zero-order valence-corrected chi connectivity index (χ0v) is 15.3. The highest BCUT2D eigenvalue weighted by Gasteiger charge is 2.37. The number of rotatable bonds is 6. The first-order chi connectivity index (χ1) is 10.4. The van der Waals surface area contributed by atoms with E-state index in [0.717, 1.165) is 31.6 Å². The van der Waals surface area contributed by atoms with Crippen molar-refractivity contribution in [3.8, 4) is 0 Å². The van der Waals surface area contributed by atoms with Crippen LogP contribution in [-0.2, 0) is 14.6 Å². The van der Waals surface area contributed by atoms with Crippen LogP contribution in [0.3, 0.4) is 0 Å². The summed E-state index contributed by atoms with van der Waals surface area (Å²) in [5.74, 6) is 1.60. The molecule has 1 amide bonds. The quantitative estimate of drug-likeness (QED) is 0.723. The molecule has 0 spiro atoms. The van der Waals surface area contributed by atoms with Gasteiger partial charge in [-0.3, -0.25) is 4.79 Å². The standard InChI is InChI=1S/C15H28N2O3S2/c1-16(2)8-5-9-17(13-7-11-22(19,20)12-13)15(18)14-6-3-4-10-21-14/h13-14H,3-12H2,1-2H3/t13-,14+/m0/s1. The molecule has 2 atom stereocenters. The fraction of sp³-hybridized carbons (Fsp3) is 0.933. The third kappa shape index (κ3) is 5.13. The van der Waals surface area contributed by atoms with E-state index in [1.54, 1.807) is 11.8 Å². The number of nitrogens with zero attached hydrogens (tertiary/aromatic N) is 2. The summed E-state index contributed by atoms with van der Waals surface area (Å²) in [7, 11) is 1.08. The van der Waals surface area contributed by atoms with Crippen molar-refractivity contribution in [2.24, 2.45) is 0 Å². The largest absolute Gasteiger partial charge is 0.338 e. The summed E-state index contributed by atoms with van der Waals surface area (Å²) in [6.07, 6.45) is 4.73. The van der Waals surface area contributed by atoms with Gasteiger partial charge in [-0.25, -0.2) is 8.42 Å². The molecule has 2 saturated heterocycles. The van der Waals surface area contributed by atoms with E-state index in [4.69, 9.17) is 0 Å². The molecular formula is C15H28N2O3S2. The Labute approximate surface area is 138 Å². The summed E-state index contributed by atoms with van der Waals surface area (Å²) < 4.78 is 23.5. The first-order valence-corrected chi connectivity index (χ1v) is 11.0. The summed E-state index contributed by atoms with van der Waals surface area (Å²) in [5, 5.41) is 0.0383. The minimum absolute atomic E-state index is 0.0383. The molecule has 0 aromatic carbocycles. The summed E-state index contributed by atoms with van der Waals surface area (Å²) >= 11 is 1.75. The zero-order chi connectivity index (χ0) is 16.2. The van der Waals surface area contributed by atoms with Gasteiger partial charge >= 0.3 is 0 Å². The predicted molar refractivity (Wildman–Crippen MR) is 92.0 cm³/mol. The highest BCUT2D eigenvalue weighted by molar-refractivity contribution is 8.00. The van der Waals surface area contributed by atoms with Crippen molar-refractivity contribution >= 4 is 27.5 Å². The second-order valence-corrected chi connectivity index (χ2v) is 10.1. The molecule has 0 N–H and O–H groups in total. The molecule has 2 rings (SSSR count). The average Bonchev–Trinajstić information content (AvgIpc) is 2.83. The molecule has 0 unspecified atom stereocenters. The van der Waals surface area contributed by atoms with Gasteiger partial charge in [-0.1, -0.05) is 6.42 Å². The number of sulfone groups is 1. The number of hydrogen-bond donors (Lipinski definition) is 0. The van der Waals surface area contributed by atoms with Crippen molar-refractivity contribution in [1.29, 1.82) is 0 Å². The van der Waals surface area contributed by atoms with Crippen molar-refractivity contribution in [2.75, 3.05) is 44.4 Å². The maximum absolute atomic E-state index is 12.9.